The number of likely N-dealkylation sites (tertiary alicyclic amines) is 1. The van der Waals surface area contributed by atoms with Gasteiger partial charge in [-0.25, -0.2) is 14.3 Å². The van der Waals surface area contributed by atoms with E-state index < -0.39 is 5.60 Å². The lowest BCUT2D eigenvalue weighted by molar-refractivity contribution is -0.00549. The molecule has 1 spiro atoms. The van der Waals surface area contributed by atoms with Gasteiger partial charge in [0.1, 0.15) is 5.60 Å². The van der Waals surface area contributed by atoms with Gasteiger partial charge in [0.15, 0.2) is 11.3 Å². The van der Waals surface area contributed by atoms with Crippen LogP contribution < -0.4 is 0 Å². The van der Waals surface area contributed by atoms with Crippen molar-refractivity contribution in [1.82, 2.24) is 24.4 Å². The van der Waals surface area contributed by atoms with Gasteiger partial charge < -0.3 is 14.5 Å². The number of carbonyl (C=O) groups is 2. The van der Waals surface area contributed by atoms with Crippen LogP contribution in [-0.2, 0) is 4.74 Å². The Morgan fingerprint density at radius 2 is 2.26 bits per heavy atom. The average molecular weight is 315 g/mol. The first-order chi connectivity index (χ1) is 11.1. The van der Waals surface area contributed by atoms with Crippen molar-refractivity contribution in [3.05, 3.63) is 30.2 Å². The Balaban J connectivity index is 1.60. The Hall–Kier alpha value is -2.64. The highest BCUT2D eigenvalue weighted by atomic mass is 16.6. The van der Waals surface area contributed by atoms with Crippen LogP contribution in [0.2, 0.25) is 0 Å². The maximum absolute atomic E-state index is 12.8. The third kappa shape index (κ3) is 2.21. The number of amides is 2. The lowest BCUT2D eigenvalue weighted by Gasteiger charge is -2.38. The Morgan fingerprint density at radius 3 is 3.04 bits per heavy atom. The molecular formula is C15H17N5O3. The van der Waals surface area contributed by atoms with Crippen molar-refractivity contribution < 1.29 is 14.3 Å². The summed E-state index contributed by atoms with van der Waals surface area (Å²) in [5.41, 5.74) is 0.470. The van der Waals surface area contributed by atoms with Crippen molar-refractivity contribution in [2.45, 2.75) is 18.4 Å². The summed E-state index contributed by atoms with van der Waals surface area (Å²) in [4.78, 5) is 32.0. The topological polar surface area (TPSA) is 80.0 Å². The van der Waals surface area contributed by atoms with Crippen molar-refractivity contribution in [3.8, 4) is 0 Å². The van der Waals surface area contributed by atoms with E-state index >= 15 is 0 Å². The van der Waals surface area contributed by atoms with Gasteiger partial charge in [-0.2, -0.15) is 5.10 Å². The van der Waals surface area contributed by atoms with Gasteiger partial charge in [-0.3, -0.25) is 4.79 Å². The fraction of sp³-hybridized carbons (Fsp3) is 0.467. The van der Waals surface area contributed by atoms with Crippen LogP contribution in [0.5, 0.6) is 0 Å². The quantitative estimate of drug-likeness (QED) is 0.777. The first-order valence-corrected chi connectivity index (χ1v) is 7.60. The van der Waals surface area contributed by atoms with Gasteiger partial charge in [-0.15, -0.1) is 0 Å². The van der Waals surface area contributed by atoms with E-state index in [0.717, 1.165) is 12.8 Å². The third-order valence-electron chi connectivity index (χ3n) is 4.46. The number of piperidine rings is 1. The fourth-order valence-corrected chi connectivity index (χ4v) is 3.41. The summed E-state index contributed by atoms with van der Waals surface area (Å²) in [5.74, 6) is -0.138. The number of aromatic nitrogens is 3. The standard InChI is InChI=1S/C15H17N5O3/c1-18-9-15(23-14(18)22)5-3-7-19(10-15)13(21)11-8-16-12-4-2-6-17-20(11)12/h2,4,6,8H,3,5,7,9-10H2,1H3. The number of hydrogen-bond donors (Lipinski definition) is 0. The van der Waals surface area contributed by atoms with E-state index in [0.29, 0.717) is 31.0 Å². The molecular weight excluding hydrogens is 298 g/mol. The SMILES string of the molecule is CN1CC2(CCCN(C(=O)c3cnc4cccnn34)C2)OC1=O. The minimum absolute atomic E-state index is 0.138. The van der Waals surface area contributed by atoms with E-state index in [1.54, 1.807) is 41.4 Å². The van der Waals surface area contributed by atoms with Crippen LogP contribution in [0, 0.1) is 0 Å². The van der Waals surface area contributed by atoms with Gasteiger partial charge >= 0.3 is 6.09 Å². The molecule has 4 heterocycles. The van der Waals surface area contributed by atoms with Crippen molar-refractivity contribution in [2.75, 3.05) is 26.7 Å². The Bertz CT molecular complexity index is 788. The smallest absolute Gasteiger partial charge is 0.410 e. The maximum atomic E-state index is 12.8. The molecule has 2 aliphatic rings. The molecule has 2 amide bonds. The molecule has 0 radical (unpaired) electrons. The molecule has 2 aromatic heterocycles. The summed E-state index contributed by atoms with van der Waals surface area (Å²) in [6, 6.07) is 3.58. The van der Waals surface area contributed by atoms with E-state index in [1.165, 1.54) is 4.52 Å². The van der Waals surface area contributed by atoms with Crippen molar-refractivity contribution in [1.29, 1.82) is 0 Å². The van der Waals surface area contributed by atoms with Crippen LogP contribution in [-0.4, -0.2) is 68.7 Å². The molecule has 0 saturated carbocycles. The molecule has 0 aliphatic carbocycles. The maximum Gasteiger partial charge on any atom is 0.410 e. The average Bonchev–Trinajstić information content (AvgIpc) is 3.08. The number of imidazole rings is 1. The minimum Gasteiger partial charge on any atom is -0.439 e. The first kappa shape index (κ1) is 14.0. The molecule has 2 saturated heterocycles. The van der Waals surface area contributed by atoms with Crippen molar-refractivity contribution >= 4 is 17.6 Å². The normalized spacial score (nSPS) is 24.5. The number of ether oxygens (including phenoxy) is 1. The number of carbonyl (C=O) groups excluding carboxylic acids is 2. The largest absolute Gasteiger partial charge is 0.439 e. The first-order valence-electron chi connectivity index (χ1n) is 7.60. The van der Waals surface area contributed by atoms with Gasteiger partial charge in [-0.1, -0.05) is 0 Å². The summed E-state index contributed by atoms with van der Waals surface area (Å²) in [6.45, 7) is 1.56. The molecule has 0 aromatic carbocycles. The molecule has 2 aromatic rings. The van der Waals surface area contributed by atoms with Gasteiger partial charge in [0.25, 0.3) is 5.91 Å². The number of hydrogen-bond acceptors (Lipinski definition) is 5. The van der Waals surface area contributed by atoms with Crippen LogP contribution >= 0.6 is 0 Å². The number of fused-ring (bicyclic) bond motifs is 1. The molecule has 8 nitrogen and oxygen atoms in total. The summed E-state index contributed by atoms with van der Waals surface area (Å²) >= 11 is 0. The monoisotopic (exact) mass is 315 g/mol. The molecule has 8 heteroatoms. The zero-order chi connectivity index (χ0) is 16.0. The summed E-state index contributed by atoms with van der Waals surface area (Å²) in [7, 11) is 1.71. The van der Waals surface area contributed by atoms with E-state index in [9.17, 15) is 9.59 Å². The Kier molecular flexibility index (Phi) is 3.00. The highest BCUT2D eigenvalue weighted by molar-refractivity contribution is 5.93. The van der Waals surface area contributed by atoms with Gasteiger partial charge in [0.05, 0.1) is 19.3 Å². The van der Waals surface area contributed by atoms with Crippen LogP contribution in [0.15, 0.2) is 24.5 Å². The lowest BCUT2D eigenvalue weighted by Crippen LogP contribution is -2.52. The second-order valence-electron chi connectivity index (χ2n) is 6.17. The highest BCUT2D eigenvalue weighted by Crippen LogP contribution is 2.31. The number of nitrogens with zero attached hydrogens (tertiary/aromatic N) is 5. The molecule has 2 fully saturated rings. The van der Waals surface area contributed by atoms with Crippen LogP contribution in [0.3, 0.4) is 0 Å². The van der Waals surface area contributed by atoms with E-state index in [2.05, 4.69) is 10.1 Å². The minimum atomic E-state index is -0.590. The number of likely N-dealkylation sites (N-methyl/N-ethyl adjacent to an activating group) is 1. The summed E-state index contributed by atoms with van der Waals surface area (Å²) in [6.07, 6.45) is 4.42. The molecule has 0 bridgehead atoms. The zero-order valence-electron chi connectivity index (χ0n) is 12.8. The highest BCUT2D eigenvalue weighted by Gasteiger charge is 2.47. The van der Waals surface area contributed by atoms with Crippen LogP contribution in [0.4, 0.5) is 4.79 Å². The number of rotatable bonds is 1. The van der Waals surface area contributed by atoms with Gasteiger partial charge in [-0.05, 0) is 25.0 Å². The molecule has 23 heavy (non-hydrogen) atoms. The predicted molar refractivity (Wildman–Crippen MR) is 80.0 cm³/mol. The fourth-order valence-electron chi connectivity index (χ4n) is 3.41. The van der Waals surface area contributed by atoms with E-state index in [-0.39, 0.29) is 12.0 Å². The van der Waals surface area contributed by atoms with Crippen molar-refractivity contribution in [2.24, 2.45) is 0 Å². The second kappa shape index (κ2) is 4.94. The molecule has 120 valence electrons. The van der Waals surface area contributed by atoms with E-state index in [1.807, 2.05) is 0 Å². The van der Waals surface area contributed by atoms with Gasteiger partial charge in [0.2, 0.25) is 0 Å². The van der Waals surface area contributed by atoms with Crippen LogP contribution in [0.25, 0.3) is 5.65 Å². The molecule has 2 aliphatic heterocycles. The molecule has 1 unspecified atom stereocenters. The van der Waals surface area contributed by atoms with Crippen molar-refractivity contribution in [3.63, 3.8) is 0 Å². The van der Waals surface area contributed by atoms with Gasteiger partial charge in [0, 0.05) is 19.8 Å². The lowest BCUT2D eigenvalue weighted by atomic mass is 9.92. The molecule has 0 N–H and O–H groups in total. The zero-order valence-corrected chi connectivity index (χ0v) is 12.8. The molecule has 4 rings (SSSR count). The summed E-state index contributed by atoms with van der Waals surface area (Å²) in [5, 5.41) is 4.18. The third-order valence-corrected chi connectivity index (χ3v) is 4.46. The van der Waals surface area contributed by atoms with Crippen LogP contribution in [0.1, 0.15) is 23.3 Å². The second-order valence-corrected chi connectivity index (χ2v) is 6.17. The van der Waals surface area contributed by atoms with E-state index in [4.69, 9.17) is 4.74 Å². The Labute approximate surface area is 132 Å². The Morgan fingerprint density at radius 1 is 1.39 bits per heavy atom. The predicted octanol–water partition coefficient (Wildman–Crippen LogP) is 0.786. The molecule has 1 atom stereocenters. The summed E-state index contributed by atoms with van der Waals surface area (Å²) < 4.78 is 7.08.